The number of nitrogens with one attached hydrogen (secondary N) is 1. The molecular weight excluding hydrogens is 462 g/mol. The van der Waals surface area contributed by atoms with Crippen molar-refractivity contribution >= 4 is 28.5 Å². The van der Waals surface area contributed by atoms with E-state index in [1.54, 1.807) is 23.3 Å². The Morgan fingerprint density at radius 1 is 1.06 bits per heavy atom. The lowest BCUT2D eigenvalue weighted by atomic mass is 9.92. The predicted octanol–water partition coefficient (Wildman–Crippen LogP) is 4.82. The van der Waals surface area contributed by atoms with Crippen molar-refractivity contribution in [2.24, 2.45) is 0 Å². The Balaban J connectivity index is 1.29. The molecule has 4 heterocycles. The SMILES string of the molecule is Clc1ccc2[nH]c3c(c2c1)CCN(c1ncccn1)C3c1ccc(OCCCn2ccnn2)cc1. The van der Waals surface area contributed by atoms with Crippen LogP contribution in [0.25, 0.3) is 10.9 Å². The normalized spacial score (nSPS) is 15.3. The zero-order valence-electron chi connectivity index (χ0n) is 19.0. The maximum atomic E-state index is 6.33. The van der Waals surface area contributed by atoms with E-state index < -0.39 is 0 Å². The van der Waals surface area contributed by atoms with Gasteiger partial charge in [-0.2, -0.15) is 0 Å². The number of aromatic amines is 1. The summed E-state index contributed by atoms with van der Waals surface area (Å²) >= 11 is 6.33. The molecule has 0 radical (unpaired) electrons. The van der Waals surface area contributed by atoms with Crippen molar-refractivity contribution < 1.29 is 4.74 Å². The Hall–Kier alpha value is -3.91. The molecule has 0 spiro atoms. The van der Waals surface area contributed by atoms with Gasteiger partial charge in [0.25, 0.3) is 0 Å². The first-order valence-electron chi connectivity index (χ1n) is 11.7. The van der Waals surface area contributed by atoms with Crippen LogP contribution in [0.1, 0.15) is 29.3 Å². The minimum Gasteiger partial charge on any atom is -0.494 e. The number of rotatable bonds is 7. The zero-order chi connectivity index (χ0) is 23.6. The molecule has 1 N–H and O–H groups in total. The van der Waals surface area contributed by atoms with E-state index in [0.29, 0.717) is 12.6 Å². The number of anilines is 1. The largest absolute Gasteiger partial charge is 0.494 e. The number of hydrogen-bond donors (Lipinski definition) is 1. The van der Waals surface area contributed by atoms with E-state index in [-0.39, 0.29) is 6.04 Å². The summed E-state index contributed by atoms with van der Waals surface area (Å²) in [5.41, 5.74) is 4.69. The molecule has 5 aromatic rings. The van der Waals surface area contributed by atoms with E-state index in [9.17, 15) is 0 Å². The van der Waals surface area contributed by atoms with Gasteiger partial charge in [-0.3, -0.25) is 4.68 Å². The van der Waals surface area contributed by atoms with Gasteiger partial charge in [0.2, 0.25) is 5.95 Å². The standard InChI is InChI=1S/C26H24ClN7O/c27-19-5-8-23-22(17-19)21-9-14-34(26-28-10-1-11-29-26)25(24(21)31-23)18-3-6-20(7-4-18)35-16-2-13-33-15-12-30-32-33/h1,3-8,10-12,15,17,25,31H,2,9,13-14,16H2. The van der Waals surface area contributed by atoms with Gasteiger partial charge in [-0.05, 0) is 53.9 Å². The smallest absolute Gasteiger partial charge is 0.226 e. The number of halogens is 1. The van der Waals surface area contributed by atoms with Gasteiger partial charge in [0.05, 0.1) is 18.8 Å². The van der Waals surface area contributed by atoms with Crippen molar-refractivity contribution in [3.05, 3.63) is 95.2 Å². The van der Waals surface area contributed by atoms with Gasteiger partial charge >= 0.3 is 0 Å². The van der Waals surface area contributed by atoms with Crippen LogP contribution in [0.15, 0.2) is 73.3 Å². The van der Waals surface area contributed by atoms with E-state index in [4.69, 9.17) is 16.3 Å². The first kappa shape index (κ1) is 21.6. The summed E-state index contributed by atoms with van der Waals surface area (Å²) in [6.07, 6.45) is 8.85. The summed E-state index contributed by atoms with van der Waals surface area (Å²) in [4.78, 5) is 15.0. The average molecular weight is 486 g/mol. The maximum Gasteiger partial charge on any atom is 0.226 e. The third-order valence-electron chi connectivity index (χ3n) is 6.37. The predicted molar refractivity (Wildman–Crippen MR) is 135 cm³/mol. The number of benzene rings is 2. The first-order valence-corrected chi connectivity index (χ1v) is 12.0. The van der Waals surface area contributed by atoms with Crippen LogP contribution in [-0.2, 0) is 13.0 Å². The first-order chi connectivity index (χ1) is 17.3. The van der Waals surface area contributed by atoms with Crippen molar-refractivity contribution in [1.82, 2.24) is 29.9 Å². The number of fused-ring (bicyclic) bond motifs is 3. The highest BCUT2D eigenvalue weighted by molar-refractivity contribution is 6.31. The minimum absolute atomic E-state index is 0.0475. The Morgan fingerprint density at radius 2 is 1.91 bits per heavy atom. The topological polar surface area (TPSA) is 84.8 Å². The molecule has 0 aliphatic carbocycles. The Bertz CT molecular complexity index is 1420. The molecule has 0 saturated carbocycles. The second kappa shape index (κ2) is 9.38. The molecule has 0 saturated heterocycles. The van der Waals surface area contributed by atoms with Crippen LogP contribution in [0.5, 0.6) is 5.75 Å². The monoisotopic (exact) mass is 485 g/mol. The van der Waals surface area contributed by atoms with E-state index >= 15 is 0 Å². The lowest BCUT2D eigenvalue weighted by molar-refractivity contribution is 0.298. The van der Waals surface area contributed by atoms with Crippen molar-refractivity contribution in [2.45, 2.75) is 25.4 Å². The van der Waals surface area contributed by atoms with Crippen molar-refractivity contribution in [2.75, 3.05) is 18.1 Å². The van der Waals surface area contributed by atoms with E-state index in [1.807, 2.05) is 42.6 Å². The quantitative estimate of drug-likeness (QED) is 0.332. The van der Waals surface area contributed by atoms with Crippen LogP contribution in [0, 0.1) is 0 Å². The lowest BCUT2D eigenvalue weighted by Gasteiger charge is -2.36. The molecule has 1 aliphatic rings. The molecule has 0 bridgehead atoms. The molecule has 1 unspecified atom stereocenters. The fourth-order valence-electron chi connectivity index (χ4n) is 4.78. The van der Waals surface area contributed by atoms with Crippen LogP contribution in [0.2, 0.25) is 5.02 Å². The Morgan fingerprint density at radius 3 is 2.71 bits per heavy atom. The van der Waals surface area contributed by atoms with Crippen LogP contribution in [-0.4, -0.2) is 43.1 Å². The van der Waals surface area contributed by atoms with E-state index in [2.05, 4.69) is 42.3 Å². The van der Waals surface area contributed by atoms with Gasteiger partial charge in [0.15, 0.2) is 0 Å². The summed E-state index contributed by atoms with van der Waals surface area (Å²) in [7, 11) is 0. The highest BCUT2D eigenvalue weighted by Crippen LogP contribution is 2.40. The van der Waals surface area contributed by atoms with Gasteiger partial charge in [-0.25, -0.2) is 9.97 Å². The second-order valence-corrected chi connectivity index (χ2v) is 8.98. The molecule has 1 aliphatic heterocycles. The van der Waals surface area contributed by atoms with Crippen molar-refractivity contribution in [3.8, 4) is 5.75 Å². The summed E-state index contributed by atoms with van der Waals surface area (Å²) in [5, 5.41) is 9.73. The third-order valence-corrected chi connectivity index (χ3v) is 6.60. The fraction of sp³-hybridized carbons (Fsp3) is 0.231. The maximum absolute atomic E-state index is 6.33. The highest BCUT2D eigenvalue weighted by Gasteiger charge is 2.33. The van der Waals surface area contributed by atoms with Gasteiger partial charge < -0.3 is 14.6 Å². The van der Waals surface area contributed by atoms with Crippen molar-refractivity contribution in [1.29, 1.82) is 0 Å². The number of nitrogens with zero attached hydrogens (tertiary/aromatic N) is 6. The summed E-state index contributed by atoms with van der Waals surface area (Å²) < 4.78 is 7.77. The third kappa shape index (κ3) is 4.33. The van der Waals surface area contributed by atoms with E-state index in [0.717, 1.165) is 53.5 Å². The number of H-pyrrole nitrogens is 1. The van der Waals surface area contributed by atoms with Gasteiger partial charge in [-0.1, -0.05) is 28.9 Å². The Kier molecular flexibility index (Phi) is 5.79. The molecule has 3 aromatic heterocycles. The van der Waals surface area contributed by atoms with Crippen LogP contribution >= 0.6 is 11.6 Å². The van der Waals surface area contributed by atoms with Crippen molar-refractivity contribution in [3.63, 3.8) is 0 Å². The highest BCUT2D eigenvalue weighted by atomic mass is 35.5. The molecule has 2 aromatic carbocycles. The zero-order valence-corrected chi connectivity index (χ0v) is 19.8. The minimum atomic E-state index is -0.0475. The van der Waals surface area contributed by atoms with Gasteiger partial charge in [0.1, 0.15) is 5.75 Å². The van der Waals surface area contributed by atoms with Crippen LogP contribution in [0.3, 0.4) is 0 Å². The van der Waals surface area contributed by atoms with Gasteiger partial charge in [-0.15, -0.1) is 5.10 Å². The molecule has 0 amide bonds. The number of hydrogen-bond acceptors (Lipinski definition) is 6. The van der Waals surface area contributed by atoms with Gasteiger partial charge in [0, 0.05) is 59.7 Å². The number of aryl methyl sites for hydroxylation is 1. The lowest BCUT2D eigenvalue weighted by Crippen LogP contribution is -2.37. The molecule has 35 heavy (non-hydrogen) atoms. The number of aromatic nitrogens is 6. The van der Waals surface area contributed by atoms with Crippen LogP contribution < -0.4 is 9.64 Å². The molecule has 9 heteroatoms. The molecule has 0 fully saturated rings. The summed E-state index contributed by atoms with van der Waals surface area (Å²) in [6, 6.07) is 16.1. The van der Waals surface area contributed by atoms with E-state index in [1.165, 1.54) is 10.9 Å². The molecule has 176 valence electrons. The van der Waals surface area contributed by atoms with Crippen LogP contribution in [0.4, 0.5) is 5.95 Å². The second-order valence-electron chi connectivity index (χ2n) is 8.54. The summed E-state index contributed by atoms with van der Waals surface area (Å²) in [5.74, 6) is 1.56. The average Bonchev–Trinajstić information content (AvgIpc) is 3.55. The molecule has 8 nitrogen and oxygen atoms in total. The fourth-order valence-corrected chi connectivity index (χ4v) is 4.95. The molecule has 6 rings (SSSR count). The number of ether oxygens (including phenoxy) is 1. The molecular formula is C26H24ClN7O. The summed E-state index contributed by atoms with van der Waals surface area (Å²) in [6.45, 7) is 2.20. The molecule has 1 atom stereocenters. The Labute approximate surface area is 207 Å².